The Balaban J connectivity index is 1.70. The number of anilines is 1. The standard InChI is InChI=1S/C13H17N5S/c14-13(19)12-9-11(3-5-17-12)16-4-1-2-7-18-8-6-15-10-18/h3,5-6,8-10H,1-2,4,7H2,(H2,14,19)(H,16,17). The second-order valence-corrected chi connectivity index (χ2v) is 4.67. The molecule has 2 aromatic heterocycles. The van der Waals surface area contributed by atoms with Gasteiger partial charge in [-0.1, -0.05) is 12.2 Å². The van der Waals surface area contributed by atoms with Crippen LogP contribution in [0.5, 0.6) is 0 Å². The van der Waals surface area contributed by atoms with Crippen LogP contribution in [0.1, 0.15) is 18.5 Å². The topological polar surface area (TPSA) is 68.8 Å². The van der Waals surface area contributed by atoms with Crippen molar-refractivity contribution in [2.24, 2.45) is 5.73 Å². The Kier molecular flexibility index (Phi) is 4.85. The molecule has 0 aliphatic carbocycles. The summed E-state index contributed by atoms with van der Waals surface area (Å²) < 4.78 is 2.08. The Hall–Kier alpha value is -1.95. The molecule has 2 aromatic rings. The Bertz CT molecular complexity index is 524. The second-order valence-electron chi connectivity index (χ2n) is 4.23. The number of imidazole rings is 1. The summed E-state index contributed by atoms with van der Waals surface area (Å²) >= 11 is 4.90. The van der Waals surface area contributed by atoms with Gasteiger partial charge in [0.2, 0.25) is 0 Å². The van der Waals surface area contributed by atoms with Crippen LogP contribution >= 0.6 is 12.2 Å². The van der Waals surface area contributed by atoms with E-state index >= 15 is 0 Å². The molecule has 19 heavy (non-hydrogen) atoms. The number of pyridine rings is 1. The maximum Gasteiger partial charge on any atom is 0.122 e. The van der Waals surface area contributed by atoms with E-state index in [2.05, 4.69) is 19.9 Å². The average molecular weight is 275 g/mol. The van der Waals surface area contributed by atoms with Gasteiger partial charge in [-0.05, 0) is 25.0 Å². The van der Waals surface area contributed by atoms with Crippen LogP contribution in [0.4, 0.5) is 5.69 Å². The molecule has 0 radical (unpaired) electrons. The first kappa shape index (κ1) is 13.5. The van der Waals surface area contributed by atoms with Crippen molar-refractivity contribution in [2.45, 2.75) is 19.4 Å². The first-order valence-electron chi connectivity index (χ1n) is 6.21. The van der Waals surface area contributed by atoms with Gasteiger partial charge in [-0.3, -0.25) is 4.98 Å². The molecule has 0 saturated heterocycles. The minimum Gasteiger partial charge on any atom is -0.388 e. The van der Waals surface area contributed by atoms with Crippen molar-refractivity contribution in [3.05, 3.63) is 42.7 Å². The van der Waals surface area contributed by atoms with Gasteiger partial charge in [0.25, 0.3) is 0 Å². The zero-order valence-electron chi connectivity index (χ0n) is 10.6. The molecule has 3 N–H and O–H groups in total. The van der Waals surface area contributed by atoms with Crippen molar-refractivity contribution in [1.82, 2.24) is 14.5 Å². The van der Waals surface area contributed by atoms with Crippen molar-refractivity contribution in [1.29, 1.82) is 0 Å². The highest BCUT2D eigenvalue weighted by Gasteiger charge is 1.99. The molecule has 0 aromatic carbocycles. The van der Waals surface area contributed by atoms with Crippen molar-refractivity contribution < 1.29 is 0 Å². The number of rotatable bonds is 7. The molecular weight excluding hydrogens is 258 g/mol. The normalized spacial score (nSPS) is 10.3. The molecule has 0 amide bonds. The Morgan fingerprint density at radius 3 is 3.00 bits per heavy atom. The number of aromatic nitrogens is 3. The molecule has 6 heteroatoms. The third-order valence-corrected chi connectivity index (χ3v) is 2.95. The van der Waals surface area contributed by atoms with Crippen LogP contribution in [0, 0.1) is 0 Å². The first-order valence-corrected chi connectivity index (χ1v) is 6.62. The molecule has 2 rings (SSSR count). The summed E-state index contributed by atoms with van der Waals surface area (Å²) in [6, 6.07) is 3.79. The molecule has 0 bridgehead atoms. The SMILES string of the molecule is NC(=S)c1cc(NCCCCn2ccnc2)ccn1. The number of hydrogen-bond donors (Lipinski definition) is 2. The van der Waals surface area contributed by atoms with Crippen LogP contribution in [0.15, 0.2) is 37.1 Å². The summed E-state index contributed by atoms with van der Waals surface area (Å²) in [5.74, 6) is 0. The highest BCUT2D eigenvalue weighted by Crippen LogP contribution is 2.08. The fourth-order valence-corrected chi connectivity index (χ4v) is 1.86. The van der Waals surface area contributed by atoms with Gasteiger partial charge in [0.15, 0.2) is 0 Å². The van der Waals surface area contributed by atoms with Gasteiger partial charge in [-0.2, -0.15) is 0 Å². The van der Waals surface area contributed by atoms with E-state index in [-0.39, 0.29) is 0 Å². The fourth-order valence-electron chi connectivity index (χ4n) is 1.75. The van der Waals surface area contributed by atoms with Gasteiger partial charge in [-0.15, -0.1) is 0 Å². The second kappa shape index (κ2) is 6.84. The maximum absolute atomic E-state index is 5.55. The summed E-state index contributed by atoms with van der Waals surface area (Å²) in [5, 5.41) is 3.34. The van der Waals surface area contributed by atoms with E-state index < -0.39 is 0 Å². The number of hydrogen-bond acceptors (Lipinski definition) is 4. The first-order chi connectivity index (χ1) is 9.25. The quantitative estimate of drug-likeness (QED) is 0.596. The number of nitrogens with one attached hydrogen (secondary N) is 1. The van der Waals surface area contributed by atoms with Crippen LogP contribution in [-0.4, -0.2) is 26.1 Å². The van der Waals surface area contributed by atoms with Gasteiger partial charge in [-0.25, -0.2) is 4.98 Å². The lowest BCUT2D eigenvalue weighted by atomic mass is 10.2. The Morgan fingerprint density at radius 1 is 1.37 bits per heavy atom. The number of aryl methyl sites for hydroxylation is 1. The molecule has 0 spiro atoms. The lowest BCUT2D eigenvalue weighted by molar-refractivity contribution is 0.621. The van der Waals surface area contributed by atoms with E-state index in [0.29, 0.717) is 10.7 Å². The van der Waals surface area contributed by atoms with Crippen LogP contribution in [0.3, 0.4) is 0 Å². The molecule has 0 saturated carbocycles. The predicted molar refractivity (Wildman–Crippen MR) is 80.1 cm³/mol. The number of nitrogens with two attached hydrogens (primary N) is 1. The molecule has 0 aliphatic heterocycles. The zero-order valence-corrected chi connectivity index (χ0v) is 11.4. The molecule has 5 nitrogen and oxygen atoms in total. The average Bonchev–Trinajstić information content (AvgIpc) is 2.92. The Labute approximate surface area is 117 Å². The van der Waals surface area contributed by atoms with Gasteiger partial charge >= 0.3 is 0 Å². The summed E-state index contributed by atoms with van der Waals surface area (Å²) in [6.45, 7) is 1.91. The summed E-state index contributed by atoms with van der Waals surface area (Å²) in [6.07, 6.45) is 9.52. The molecule has 0 atom stereocenters. The molecular formula is C13H17N5S. The van der Waals surface area contributed by atoms with Gasteiger partial charge in [0.05, 0.1) is 12.0 Å². The summed E-state index contributed by atoms with van der Waals surface area (Å²) in [4.78, 5) is 8.43. The maximum atomic E-state index is 5.55. The molecule has 0 fully saturated rings. The minimum absolute atomic E-state index is 0.323. The highest BCUT2D eigenvalue weighted by molar-refractivity contribution is 7.80. The van der Waals surface area contributed by atoms with Crippen molar-refractivity contribution in [3.63, 3.8) is 0 Å². The third kappa shape index (κ3) is 4.33. The summed E-state index contributed by atoms with van der Waals surface area (Å²) in [7, 11) is 0. The molecule has 100 valence electrons. The van der Waals surface area contributed by atoms with Crippen molar-refractivity contribution >= 4 is 22.9 Å². The van der Waals surface area contributed by atoms with E-state index in [0.717, 1.165) is 31.6 Å². The molecule has 0 aliphatic rings. The van der Waals surface area contributed by atoms with E-state index in [1.807, 2.05) is 24.7 Å². The summed E-state index contributed by atoms with van der Waals surface area (Å²) in [5.41, 5.74) is 7.20. The lowest BCUT2D eigenvalue weighted by Crippen LogP contribution is -2.12. The van der Waals surface area contributed by atoms with Crippen LogP contribution in [0.2, 0.25) is 0 Å². The number of unbranched alkanes of at least 4 members (excludes halogenated alkanes) is 1. The van der Waals surface area contributed by atoms with E-state index in [1.54, 1.807) is 12.4 Å². The number of thiocarbonyl (C=S) groups is 1. The zero-order chi connectivity index (χ0) is 13.5. The Morgan fingerprint density at radius 2 is 2.26 bits per heavy atom. The van der Waals surface area contributed by atoms with Crippen LogP contribution in [-0.2, 0) is 6.54 Å². The third-order valence-electron chi connectivity index (χ3n) is 2.74. The largest absolute Gasteiger partial charge is 0.388 e. The van der Waals surface area contributed by atoms with E-state index in [1.165, 1.54) is 0 Å². The van der Waals surface area contributed by atoms with Crippen LogP contribution < -0.4 is 11.1 Å². The highest BCUT2D eigenvalue weighted by atomic mass is 32.1. The predicted octanol–water partition coefficient (Wildman–Crippen LogP) is 1.80. The smallest absolute Gasteiger partial charge is 0.122 e. The number of nitrogens with zero attached hydrogens (tertiary/aromatic N) is 3. The van der Waals surface area contributed by atoms with Gasteiger partial charge in [0, 0.05) is 37.4 Å². The lowest BCUT2D eigenvalue weighted by Gasteiger charge is -2.07. The van der Waals surface area contributed by atoms with Crippen molar-refractivity contribution in [3.8, 4) is 0 Å². The van der Waals surface area contributed by atoms with Gasteiger partial charge in [0.1, 0.15) is 4.99 Å². The minimum atomic E-state index is 0.323. The molecule has 2 heterocycles. The van der Waals surface area contributed by atoms with E-state index in [9.17, 15) is 0 Å². The van der Waals surface area contributed by atoms with Gasteiger partial charge < -0.3 is 15.6 Å². The van der Waals surface area contributed by atoms with Crippen LogP contribution in [0.25, 0.3) is 0 Å². The fraction of sp³-hybridized carbons (Fsp3) is 0.308. The van der Waals surface area contributed by atoms with Crippen molar-refractivity contribution in [2.75, 3.05) is 11.9 Å². The monoisotopic (exact) mass is 275 g/mol. The van der Waals surface area contributed by atoms with E-state index in [4.69, 9.17) is 18.0 Å². The molecule has 0 unspecified atom stereocenters.